The van der Waals surface area contributed by atoms with Crippen LogP contribution in [0.3, 0.4) is 0 Å². The molecule has 4 nitrogen and oxygen atoms in total. The molecule has 1 N–H and O–H groups in total. The van der Waals surface area contributed by atoms with Gasteiger partial charge in [0.15, 0.2) is 0 Å². The average molecular weight is 221 g/mol. The van der Waals surface area contributed by atoms with E-state index < -0.39 is 5.60 Å². The third kappa shape index (κ3) is 1.78. The first-order valence-electron chi connectivity index (χ1n) is 5.70. The maximum Gasteiger partial charge on any atom is 0.147 e. The van der Waals surface area contributed by atoms with Crippen LogP contribution in [-0.2, 0) is 0 Å². The van der Waals surface area contributed by atoms with Gasteiger partial charge < -0.3 is 10.0 Å². The third-order valence-corrected chi connectivity index (χ3v) is 3.51. The summed E-state index contributed by atoms with van der Waals surface area (Å²) in [6, 6.07) is 0. The minimum atomic E-state index is -0.555. The Balaban J connectivity index is 2.09. The number of β-amino-alcohol motifs (C(OH)–C–C–N with tert-alkyl or cyclic N) is 1. The summed E-state index contributed by atoms with van der Waals surface area (Å²) in [6.07, 6.45) is 1.78. The first kappa shape index (κ1) is 11.3. The van der Waals surface area contributed by atoms with Gasteiger partial charge in [0.25, 0.3) is 0 Å². The molecule has 0 atom stereocenters. The molecule has 0 unspecified atom stereocenters. The first-order chi connectivity index (χ1) is 7.42. The lowest BCUT2D eigenvalue weighted by molar-refractivity contribution is -0.0304. The summed E-state index contributed by atoms with van der Waals surface area (Å²) >= 11 is 0. The summed E-state index contributed by atoms with van der Waals surface area (Å²) in [5, 5.41) is 10.2. The van der Waals surface area contributed by atoms with Crippen LogP contribution in [0.25, 0.3) is 0 Å². The van der Waals surface area contributed by atoms with E-state index in [0.29, 0.717) is 13.1 Å². The van der Waals surface area contributed by atoms with Crippen LogP contribution in [0.15, 0.2) is 6.20 Å². The summed E-state index contributed by atoms with van der Waals surface area (Å²) in [4.78, 5) is 10.8. The van der Waals surface area contributed by atoms with Crippen LogP contribution in [0.5, 0.6) is 0 Å². The maximum atomic E-state index is 10.2. The van der Waals surface area contributed by atoms with Gasteiger partial charge in [-0.1, -0.05) is 13.8 Å². The van der Waals surface area contributed by atoms with E-state index in [9.17, 15) is 5.11 Å². The Hall–Kier alpha value is -1.16. The van der Waals surface area contributed by atoms with Crippen molar-refractivity contribution >= 4 is 5.82 Å². The lowest BCUT2D eigenvalue weighted by Crippen LogP contribution is -2.65. The van der Waals surface area contributed by atoms with Gasteiger partial charge in [-0.2, -0.15) is 0 Å². The Kier molecular flexibility index (Phi) is 2.62. The monoisotopic (exact) mass is 221 g/mol. The summed E-state index contributed by atoms with van der Waals surface area (Å²) in [5.74, 6) is 1.15. The number of aliphatic hydroxyl groups is 1. The maximum absolute atomic E-state index is 10.2. The van der Waals surface area contributed by atoms with Crippen molar-refractivity contribution in [3.63, 3.8) is 0 Å². The minimum absolute atomic E-state index is 0.281. The minimum Gasteiger partial charge on any atom is -0.386 e. The molecule has 0 bridgehead atoms. The fourth-order valence-corrected chi connectivity index (χ4v) is 1.82. The number of anilines is 1. The second-order valence-corrected chi connectivity index (χ2v) is 5.01. The van der Waals surface area contributed by atoms with Crippen LogP contribution in [0, 0.1) is 19.8 Å². The van der Waals surface area contributed by atoms with E-state index in [1.54, 1.807) is 6.20 Å². The predicted octanol–water partition coefficient (Wildman–Crippen LogP) is 1.30. The predicted molar refractivity (Wildman–Crippen MR) is 63.5 cm³/mol. The van der Waals surface area contributed by atoms with Crippen LogP contribution >= 0.6 is 0 Å². The molecule has 0 saturated carbocycles. The highest BCUT2D eigenvalue weighted by Gasteiger charge is 2.44. The van der Waals surface area contributed by atoms with Crippen molar-refractivity contribution in [2.24, 2.45) is 5.92 Å². The number of hydrogen-bond donors (Lipinski definition) is 1. The van der Waals surface area contributed by atoms with Crippen molar-refractivity contribution in [3.8, 4) is 0 Å². The van der Waals surface area contributed by atoms with Crippen LogP contribution < -0.4 is 4.90 Å². The van der Waals surface area contributed by atoms with E-state index >= 15 is 0 Å². The van der Waals surface area contributed by atoms with Crippen molar-refractivity contribution in [2.45, 2.75) is 33.3 Å². The van der Waals surface area contributed by atoms with Crippen molar-refractivity contribution in [3.05, 3.63) is 17.6 Å². The summed E-state index contributed by atoms with van der Waals surface area (Å²) in [7, 11) is 0. The SMILES string of the molecule is Cc1ncc(N2CC(O)(C(C)C)C2)nc1C. The lowest BCUT2D eigenvalue weighted by atomic mass is 9.83. The summed E-state index contributed by atoms with van der Waals surface area (Å²) in [6.45, 7) is 9.31. The van der Waals surface area contributed by atoms with Gasteiger partial charge in [0.2, 0.25) is 0 Å². The molecule has 0 spiro atoms. The van der Waals surface area contributed by atoms with E-state index in [-0.39, 0.29) is 5.92 Å². The van der Waals surface area contributed by atoms with Crippen molar-refractivity contribution in [2.75, 3.05) is 18.0 Å². The molecule has 1 aliphatic rings. The molecular weight excluding hydrogens is 202 g/mol. The van der Waals surface area contributed by atoms with Crippen LogP contribution in [0.4, 0.5) is 5.82 Å². The van der Waals surface area contributed by atoms with E-state index in [0.717, 1.165) is 17.2 Å². The molecule has 2 rings (SSSR count). The molecular formula is C12H19N3O. The highest BCUT2D eigenvalue weighted by molar-refractivity contribution is 5.43. The molecule has 88 valence electrons. The molecule has 0 radical (unpaired) electrons. The molecule has 1 saturated heterocycles. The largest absolute Gasteiger partial charge is 0.386 e. The molecule has 0 aromatic carbocycles. The van der Waals surface area contributed by atoms with Gasteiger partial charge in [-0.05, 0) is 19.8 Å². The smallest absolute Gasteiger partial charge is 0.147 e. The van der Waals surface area contributed by atoms with E-state index in [4.69, 9.17) is 0 Å². The Morgan fingerprint density at radius 2 is 1.94 bits per heavy atom. The zero-order valence-electron chi connectivity index (χ0n) is 10.4. The number of aryl methyl sites for hydroxylation is 2. The average Bonchev–Trinajstić information content (AvgIpc) is 2.17. The van der Waals surface area contributed by atoms with E-state index in [1.807, 2.05) is 27.7 Å². The van der Waals surface area contributed by atoms with Crippen molar-refractivity contribution in [1.29, 1.82) is 0 Å². The molecule has 4 heteroatoms. The van der Waals surface area contributed by atoms with Crippen LogP contribution in [0.2, 0.25) is 0 Å². The van der Waals surface area contributed by atoms with Gasteiger partial charge in [0, 0.05) is 0 Å². The number of nitrogens with zero attached hydrogens (tertiary/aromatic N) is 3. The van der Waals surface area contributed by atoms with Gasteiger partial charge >= 0.3 is 0 Å². The second kappa shape index (κ2) is 3.70. The lowest BCUT2D eigenvalue weighted by Gasteiger charge is -2.49. The Morgan fingerprint density at radius 1 is 1.31 bits per heavy atom. The topological polar surface area (TPSA) is 49.2 Å². The molecule has 16 heavy (non-hydrogen) atoms. The fourth-order valence-electron chi connectivity index (χ4n) is 1.82. The third-order valence-electron chi connectivity index (χ3n) is 3.51. The van der Waals surface area contributed by atoms with E-state index in [1.165, 1.54) is 0 Å². The number of aromatic nitrogens is 2. The number of hydrogen-bond acceptors (Lipinski definition) is 4. The van der Waals surface area contributed by atoms with Crippen LogP contribution in [-0.4, -0.2) is 33.8 Å². The molecule has 0 amide bonds. The Bertz CT molecular complexity index is 397. The quantitative estimate of drug-likeness (QED) is 0.818. The molecule has 1 aliphatic heterocycles. The standard InChI is InChI=1S/C12H19N3O/c1-8(2)12(16)6-15(7-12)11-5-13-9(3)10(4)14-11/h5,8,16H,6-7H2,1-4H3. The molecule has 1 aromatic heterocycles. The second-order valence-electron chi connectivity index (χ2n) is 5.01. The first-order valence-corrected chi connectivity index (χ1v) is 5.70. The highest BCUT2D eigenvalue weighted by Crippen LogP contribution is 2.31. The fraction of sp³-hybridized carbons (Fsp3) is 0.667. The van der Waals surface area contributed by atoms with Gasteiger partial charge in [0.05, 0.1) is 30.7 Å². The van der Waals surface area contributed by atoms with Gasteiger partial charge in [-0.3, -0.25) is 4.98 Å². The van der Waals surface area contributed by atoms with Crippen molar-refractivity contribution in [1.82, 2.24) is 9.97 Å². The van der Waals surface area contributed by atoms with Crippen LogP contribution in [0.1, 0.15) is 25.2 Å². The summed E-state index contributed by atoms with van der Waals surface area (Å²) < 4.78 is 0. The van der Waals surface area contributed by atoms with Gasteiger partial charge in [-0.25, -0.2) is 4.98 Å². The Morgan fingerprint density at radius 3 is 2.44 bits per heavy atom. The molecule has 2 heterocycles. The molecule has 0 aliphatic carbocycles. The van der Waals surface area contributed by atoms with Gasteiger partial charge in [-0.15, -0.1) is 0 Å². The highest BCUT2D eigenvalue weighted by atomic mass is 16.3. The zero-order valence-corrected chi connectivity index (χ0v) is 10.4. The normalized spacial score (nSPS) is 18.8. The molecule has 1 aromatic rings. The molecule has 1 fully saturated rings. The van der Waals surface area contributed by atoms with E-state index in [2.05, 4.69) is 14.9 Å². The number of rotatable bonds is 2. The Labute approximate surface area is 96.3 Å². The van der Waals surface area contributed by atoms with Gasteiger partial charge in [0.1, 0.15) is 11.4 Å². The van der Waals surface area contributed by atoms with Crippen molar-refractivity contribution < 1.29 is 5.11 Å². The zero-order chi connectivity index (χ0) is 11.9. The summed E-state index contributed by atoms with van der Waals surface area (Å²) in [5.41, 5.74) is 1.36.